The van der Waals surface area contributed by atoms with Crippen LogP contribution in [0, 0.1) is 11.8 Å². The molecule has 2 aromatic rings. The lowest BCUT2D eigenvalue weighted by Crippen LogP contribution is -2.21. The minimum atomic E-state index is -0.129. The zero-order chi connectivity index (χ0) is 22.9. The highest BCUT2D eigenvalue weighted by Crippen LogP contribution is 2.57. The lowest BCUT2D eigenvalue weighted by Gasteiger charge is -2.37. The van der Waals surface area contributed by atoms with Crippen LogP contribution in [-0.4, -0.2) is 23.1 Å². The molecule has 31 heavy (non-hydrogen) atoms. The Morgan fingerprint density at radius 2 is 1.19 bits per heavy atom. The Morgan fingerprint density at radius 3 is 1.61 bits per heavy atom. The predicted molar refractivity (Wildman–Crippen MR) is 146 cm³/mol. The maximum Gasteiger partial charge on any atom is -0.00653 e. The lowest BCUT2D eigenvalue weighted by molar-refractivity contribution is 0.498. The van der Waals surface area contributed by atoms with Crippen LogP contribution < -0.4 is 0 Å². The van der Waals surface area contributed by atoms with Crippen molar-refractivity contribution in [3.05, 3.63) is 71.8 Å². The van der Waals surface area contributed by atoms with Gasteiger partial charge in [0, 0.05) is 0 Å². The smallest absolute Gasteiger partial charge is 0.00653 e. The highest BCUT2D eigenvalue weighted by atomic mass is 31.1. The molecule has 0 heterocycles. The Labute approximate surface area is 196 Å². The number of hydrogen-bond donors (Lipinski definition) is 0. The van der Waals surface area contributed by atoms with E-state index in [1.807, 2.05) is 0 Å². The van der Waals surface area contributed by atoms with Gasteiger partial charge in [-0.1, -0.05) is 117 Å². The average Bonchev–Trinajstić information content (AvgIpc) is 2.72. The summed E-state index contributed by atoms with van der Waals surface area (Å²) in [5, 5.41) is 0.397. The molecule has 0 amide bonds. The van der Waals surface area contributed by atoms with Crippen LogP contribution in [0.1, 0.15) is 72.4 Å². The summed E-state index contributed by atoms with van der Waals surface area (Å²) in [5.74, 6) is 1.68. The third-order valence-corrected chi connectivity index (χ3v) is 13.6. The molecule has 0 aromatic heterocycles. The van der Waals surface area contributed by atoms with Crippen molar-refractivity contribution >= 4 is 15.8 Å². The van der Waals surface area contributed by atoms with E-state index < -0.39 is 0 Å². The van der Waals surface area contributed by atoms with E-state index in [0.29, 0.717) is 5.16 Å². The first kappa shape index (κ1) is 26.6. The number of benzene rings is 2. The molecule has 0 bridgehead atoms. The third kappa shape index (κ3) is 9.76. The first-order valence-electron chi connectivity index (χ1n) is 12.2. The molecule has 0 N–H and O–H groups in total. The minimum Gasteiger partial charge on any atom is -0.104 e. The Kier molecular flexibility index (Phi) is 11.2. The fourth-order valence-electron chi connectivity index (χ4n) is 4.31. The van der Waals surface area contributed by atoms with Crippen molar-refractivity contribution < 1.29 is 0 Å². The van der Waals surface area contributed by atoms with E-state index in [0.717, 1.165) is 17.5 Å². The minimum absolute atomic E-state index is 0.129. The summed E-state index contributed by atoms with van der Waals surface area (Å²) in [5.41, 5.74) is 3.87. The van der Waals surface area contributed by atoms with E-state index in [-0.39, 0.29) is 15.8 Å². The average molecular weight is 457 g/mol. The molecule has 0 fully saturated rings. The zero-order valence-electron chi connectivity index (χ0n) is 21.1. The summed E-state index contributed by atoms with van der Waals surface area (Å²) in [6.45, 7) is 17.3. The Balaban J connectivity index is 2.05. The van der Waals surface area contributed by atoms with Crippen LogP contribution in [0.5, 0.6) is 0 Å². The van der Waals surface area contributed by atoms with Gasteiger partial charge in [0.1, 0.15) is 0 Å². The van der Waals surface area contributed by atoms with Gasteiger partial charge in [0.05, 0.1) is 0 Å². The molecular formula is C29H46P2. The molecule has 0 aliphatic heterocycles. The van der Waals surface area contributed by atoms with Crippen LogP contribution in [0.15, 0.2) is 60.7 Å². The first-order valence-corrected chi connectivity index (χ1v) is 15.7. The van der Waals surface area contributed by atoms with Crippen LogP contribution in [0.25, 0.3) is 0 Å². The molecule has 0 radical (unpaired) electrons. The molecule has 172 valence electrons. The van der Waals surface area contributed by atoms with Gasteiger partial charge in [-0.15, -0.1) is 7.92 Å². The van der Waals surface area contributed by atoms with Crippen LogP contribution in [0.4, 0.5) is 0 Å². The number of hydrogen-bond acceptors (Lipinski definition) is 0. The molecule has 0 spiro atoms. The SMILES string of the molecule is CC(C)CP(CC(C)CCC(C)(C)P(Cc1ccccc1)Cc1ccccc1)C(C)C. The Morgan fingerprint density at radius 1 is 0.710 bits per heavy atom. The number of rotatable bonds is 13. The van der Waals surface area contributed by atoms with Gasteiger partial charge < -0.3 is 0 Å². The molecule has 0 saturated carbocycles. The van der Waals surface area contributed by atoms with Crippen molar-refractivity contribution in [1.29, 1.82) is 0 Å². The molecule has 0 aliphatic rings. The van der Waals surface area contributed by atoms with E-state index in [4.69, 9.17) is 0 Å². The molecule has 2 aromatic carbocycles. The molecular weight excluding hydrogens is 410 g/mol. The molecule has 0 aliphatic carbocycles. The van der Waals surface area contributed by atoms with E-state index in [1.165, 1.54) is 48.6 Å². The largest absolute Gasteiger partial charge is 0.104 e. The van der Waals surface area contributed by atoms with E-state index in [1.54, 1.807) is 0 Å². The van der Waals surface area contributed by atoms with Crippen molar-refractivity contribution in [2.45, 2.75) is 84.4 Å². The lowest BCUT2D eigenvalue weighted by atomic mass is 10.00. The zero-order valence-corrected chi connectivity index (χ0v) is 22.9. The highest BCUT2D eigenvalue weighted by Gasteiger charge is 2.30. The second-order valence-corrected chi connectivity index (χ2v) is 16.6. The monoisotopic (exact) mass is 456 g/mol. The maximum absolute atomic E-state index is 2.55. The van der Waals surface area contributed by atoms with Gasteiger partial charge in [0.2, 0.25) is 0 Å². The van der Waals surface area contributed by atoms with Crippen LogP contribution >= 0.6 is 15.8 Å². The molecule has 2 heteroatoms. The van der Waals surface area contributed by atoms with Gasteiger partial charge in [0.15, 0.2) is 0 Å². The first-order chi connectivity index (χ1) is 14.7. The van der Waals surface area contributed by atoms with Crippen LogP contribution in [0.2, 0.25) is 0 Å². The maximum atomic E-state index is 2.55. The van der Waals surface area contributed by atoms with Crippen molar-refractivity contribution in [2.24, 2.45) is 11.8 Å². The van der Waals surface area contributed by atoms with Crippen LogP contribution in [0.3, 0.4) is 0 Å². The summed E-state index contributed by atoms with van der Waals surface area (Å²) in [6, 6.07) is 22.3. The normalized spacial score (nSPS) is 14.4. The molecule has 0 nitrogen and oxygen atoms in total. The van der Waals surface area contributed by atoms with Gasteiger partial charge in [-0.2, -0.15) is 0 Å². The molecule has 2 atom stereocenters. The van der Waals surface area contributed by atoms with Gasteiger partial charge in [0.25, 0.3) is 0 Å². The topological polar surface area (TPSA) is 0 Å². The van der Waals surface area contributed by atoms with Crippen LogP contribution in [-0.2, 0) is 12.3 Å². The second-order valence-electron chi connectivity index (χ2n) is 10.7. The van der Waals surface area contributed by atoms with Gasteiger partial charge in [-0.05, 0) is 71.3 Å². The van der Waals surface area contributed by atoms with E-state index in [2.05, 4.69) is 109 Å². The van der Waals surface area contributed by atoms with E-state index >= 15 is 0 Å². The fourth-order valence-corrected chi connectivity index (χ4v) is 9.94. The Hall–Kier alpha value is -0.700. The highest BCUT2D eigenvalue weighted by molar-refractivity contribution is 7.58. The summed E-state index contributed by atoms with van der Waals surface area (Å²) in [4.78, 5) is 0. The molecule has 2 rings (SSSR count). The standard InChI is InChI=1S/C29H46P2/c1-24(2)20-30(25(3)4)21-26(5)18-19-29(6,7)31(22-27-14-10-8-11-15-27)23-28-16-12-9-13-17-28/h8-17,24-26H,18-23H2,1-7H3. The van der Waals surface area contributed by atoms with Crippen molar-refractivity contribution in [1.82, 2.24) is 0 Å². The van der Waals surface area contributed by atoms with Gasteiger partial charge >= 0.3 is 0 Å². The van der Waals surface area contributed by atoms with Gasteiger partial charge in [-0.25, -0.2) is 0 Å². The summed E-state index contributed by atoms with van der Waals surface area (Å²) in [6.07, 6.45) is 8.09. The predicted octanol–water partition coefficient (Wildman–Crippen LogP) is 9.61. The van der Waals surface area contributed by atoms with Crippen molar-refractivity contribution in [2.75, 3.05) is 12.3 Å². The van der Waals surface area contributed by atoms with Crippen molar-refractivity contribution in [3.63, 3.8) is 0 Å². The fraction of sp³-hybridized carbons (Fsp3) is 0.586. The third-order valence-electron chi connectivity index (χ3n) is 6.41. The summed E-state index contributed by atoms with van der Waals surface area (Å²) < 4.78 is 0. The summed E-state index contributed by atoms with van der Waals surface area (Å²) in [7, 11) is 0.0360. The molecule has 2 unspecified atom stereocenters. The second kappa shape index (κ2) is 13.1. The molecule has 0 saturated heterocycles. The van der Waals surface area contributed by atoms with Gasteiger partial charge in [-0.3, -0.25) is 0 Å². The Bertz CT molecular complexity index is 679. The van der Waals surface area contributed by atoms with Crippen molar-refractivity contribution in [3.8, 4) is 0 Å². The van der Waals surface area contributed by atoms with E-state index in [9.17, 15) is 0 Å². The quantitative estimate of drug-likeness (QED) is 0.263. The summed E-state index contributed by atoms with van der Waals surface area (Å²) >= 11 is 0.